The predicted octanol–water partition coefficient (Wildman–Crippen LogP) is 4.14. The van der Waals surface area contributed by atoms with E-state index in [9.17, 15) is 18.8 Å². The lowest BCUT2D eigenvalue weighted by Crippen LogP contribution is -2.27. The van der Waals surface area contributed by atoms with Crippen molar-refractivity contribution >= 4 is 17.7 Å². The van der Waals surface area contributed by atoms with Crippen LogP contribution in [-0.4, -0.2) is 37.4 Å². The zero-order valence-corrected chi connectivity index (χ0v) is 17.4. The van der Waals surface area contributed by atoms with Gasteiger partial charge in [-0.3, -0.25) is 4.79 Å². The Hall–Kier alpha value is -2.86. The third-order valence-corrected chi connectivity index (χ3v) is 5.38. The summed E-state index contributed by atoms with van der Waals surface area (Å²) in [5.41, 5.74) is 2.12. The molecule has 1 aliphatic carbocycles. The zero-order valence-electron chi connectivity index (χ0n) is 16.6. The molecule has 0 bridgehead atoms. The minimum atomic E-state index is -2.96. The number of hydrogen-bond donors (Lipinski definition) is 1. The van der Waals surface area contributed by atoms with Crippen LogP contribution in [0.4, 0.5) is 8.78 Å². The molecule has 6 nitrogen and oxygen atoms in total. The van der Waals surface area contributed by atoms with E-state index < -0.39 is 6.61 Å². The number of alkyl halides is 2. The quantitative estimate of drug-likeness (QED) is 0.599. The minimum Gasteiger partial charge on any atom is -0.493 e. The number of nitriles is 1. The van der Waals surface area contributed by atoms with Gasteiger partial charge in [0.25, 0.3) is 5.91 Å². The minimum absolute atomic E-state index is 0.0593. The van der Waals surface area contributed by atoms with Crippen molar-refractivity contribution in [3.63, 3.8) is 0 Å². The molecule has 1 heterocycles. The first-order valence-corrected chi connectivity index (χ1v) is 10.6. The summed E-state index contributed by atoms with van der Waals surface area (Å²) in [6, 6.07) is 8.50. The molecule has 1 amide bonds. The van der Waals surface area contributed by atoms with Crippen molar-refractivity contribution in [2.75, 3.05) is 19.9 Å². The van der Waals surface area contributed by atoms with Gasteiger partial charge in [0.1, 0.15) is 11.1 Å². The molecule has 9 heteroatoms. The molecular weight excluding hydrogens is 412 g/mol. The van der Waals surface area contributed by atoms with Crippen molar-refractivity contribution < 1.29 is 23.0 Å². The Morgan fingerprint density at radius 3 is 2.73 bits per heavy atom. The number of pyridine rings is 1. The van der Waals surface area contributed by atoms with Gasteiger partial charge in [0.15, 0.2) is 11.5 Å². The SMILES string of the molecule is COc1ccc(CCNC(=O)c2cc(C3CC3)nc(SC)c2C#N)cc1OC(F)F. The normalized spacial score (nSPS) is 13.1. The molecule has 1 aromatic heterocycles. The zero-order chi connectivity index (χ0) is 21.7. The van der Waals surface area contributed by atoms with E-state index >= 15 is 0 Å². The fourth-order valence-corrected chi connectivity index (χ4v) is 3.60. The first kappa shape index (κ1) is 21.8. The van der Waals surface area contributed by atoms with E-state index in [0.717, 1.165) is 18.5 Å². The highest BCUT2D eigenvalue weighted by atomic mass is 32.2. The van der Waals surface area contributed by atoms with Gasteiger partial charge < -0.3 is 14.8 Å². The number of carbonyl (C=O) groups excluding carboxylic acids is 1. The molecule has 3 rings (SSSR count). The first-order valence-electron chi connectivity index (χ1n) is 9.35. The molecule has 30 heavy (non-hydrogen) atoms. The largest absolute Gasteiger partial charge is 0.493 e. The number of rotatable bonds is 9. The van der Waals surface area contributed by atoms with E-state index in [1.54, 1.807) is 12.1 Å². The van der Waals surface area contributed by atoms with Gasteiger partial charge in [0.05, 0.1) is 18.2 Å². The Morgan fingerprint density at radius 2 is 2.13 bits per heavy atom. The van der Waals surface area contributed by atoms with E-state index in [-0.39, 0.29) is 29.5 Å². The highest BCUT2D eigenvalue weighted by molar-refractivity contribution is 7.98. The number of methoxy groups -OCH3 is 1. The maximum Gasteiger partial charge on any atom is 0.387 e. The summed E-state index contributed by atoms with van der Waals surface area (Å²) in [5, 5.41) is 12.9. The average Bonchev–Trinajstić information content (AvgIpc) is 3.57. The van der Waals surface area contributed by atoms with Crippen LogP contribution in [0.5, 0.6) is 11.5 Å². The molecular formula is C21H21F2N3O3S. The first-order chi connectivity index (χ1) is 14.5. The number of amides is 1. The molecule has 0 spiro atoms. The summed E-state index contributed by atoms with van der Waals surface area (Å²) in [4.78, 5) is 17.3. The third-order valence-electron chi connectivity index (χ3n) is 4.69. The molecule has 0 unspecified atom stereocenters. The van der Waals surface area contributed by atoms with Gasteiger partial charge >= 0.3 is 6.61 Å². The lowest BCUT2D eigenvalue weighted by atomic mass is 10.1. The summed E-state index contributed by atoms with van der Waals surface area (Å²) in [7, 11) is 1.37. The Labute approximate surface area is 177 Å². The van der Waals surface area contributed by atoms with Crippen LogP contribution in [0.2, 0.25) is 0 Å². The summed E-state index contributed by atoms with van der Waals surface area (Å²) >= 11 is 1.34. The van der Waals surface area contributed by atoms with Crippen LogP contribution in [0.1, 0.15) is 45.9 Å². The number of nitrogens with one attached hydrogen (secondary N) is 1. The van der Waals surface area contributed by atoms with Crippen LogP contribution in [0.15, 0.2) is 29.3 Å². The lowest BCUT2D eigenvalue weighted by Gasteiger charge is -2.13. The maximum atomic E-state index is 12.7. The summed E-state index contributed by atoms with van der Waals surface area (Å²) in [6.07, 6.45) is 4.29. The number of thioether (sulfide) groups is 1. The highest BCUT2D eigenvalue weighted by Gasteiger charge is 2.28. The van der Waals surface area contributed by atoms with Crippen LogP contribution in [0.25, 0.3) is 0 Å². The van der Waals surface area contributed by atoms with Crippen molar-refractivity contribution in [1.82, 2.24) is 10.3 Å². The number of hydrogen-bond acceptors (Lipinski definition) is 6. The molecule has 0 radical (unpaired) electrons. The van der Waals surface area contributed by atoms with Crippen molar-refractivity contribution in [3.05, 3.63) is 46.6 Å². The molecule has 1 fully saturated rings. The topological polar surface area (TPSA) is 84.2 Å². The number of ether oxygens (including phenoxy) is 2. The van der Waals surface area contributed by atoms with Crippen LogP contribution in [0, 0.1) is 11.3 Å². The molecule has 2 aromatic rings. The van der Waals surface area contributed by atoms with Gasteiger partial charge in [-0.05, 0) is 49.3 Å². The molecule has 1 saturated carbocycles. The third kappa shape index (κ3) is 5.19. The molecule has 0 saturated heterocycles. The van der Waals surface area contributed by atoms with Gasteiger partial charge in [-0.1, -0.05) is 6.07 Å². The molecule has 1 N–H and O–H groups in total. The second-order valence-electron chi connectivity index (χ2n) is 6.73. The predicted molar refractivity (Wildman–Crippen MR) is 108 cm³/mol. The van der Waals surface area contributed by atoms with Crippen LogP contribution >= 0.6 is 11.8 Å². The smallest absolute Gasteiger partial charge is 0.387 e. The summed E-state index contributed by atoms with van der Waals surface area (Å²) in [6.45, 7) is -2.70. The fraction of sp³-hybridized carbons (Fsp3) is 0.381. The van der Waals surface area contributed by atoms with Gasteiger partial charge in [0, 0.05) is 18.2 Å². The second-order valence-corrected chi connectivity index (χ2v) is 7.53. The van der Waals surface area contributed by atoms with Crippen LogP contribution in [-0.2, 0) is 6.42 Å². The van der Waals surface area contributed by atoms with E-state index in [2.05, 4.69) is 21.1 Å². The number of halogens is 2. The molecule has 1 aromatic carbocycles. The molecule has 0 aliphatic heterocycles. The fourth-order valence-electron chi connectivity index (χ4n) is 3.04. The Bertz CT molecular complexity index is 975. The van der Waals surface area contributed by atoms with E-state index in [4.69, 9.17) is 4.74 Å². The number of benzene rings is 1. The molecule has 158 valence electrons. The van der Waals surface area contributed by atoms with Crippen LogP contribution in [0.3, 0.4) is 0 Å². The second kappa shape index (κ2) is 9.76. The number of nitrogens with zero attached hydrogens (tertiary/aromatic N) is 2. The van der Waals surface area contributed by atoms with Crippen molar-refractivity contribution in [1.29, 1.82) is 5.26 Å². The van der Waals surface area contributed by atoms with Gasteiger partial charge in [-0.2, -0.15) is 14.0 Å². The summed E-state index contributed by atoms with van der Waals surface area (Å²) < 4.78 is 34.6. The van der Waals surface area contributed by atoms with Crippen LogP contribution < -0.4 is 14.8 Å². The van der Waals surface area contributed by atoms with Crippen molar-refractivity contribution in [3.8, 4) is 17.6 Å². The van der Waals surface area contributed by atoms with Gasteiger partial charge in [-0.25, -0.2) is 4.98 Å². The number of aromatic nitrogens is 1. The standard InChI is InChI=1S/C21H21F2N3O3S/c1-28-17-6-3-12(9-18(17)29-21(22)23)7-8-25-19(27)14-10-16(13-4-5-13)26-20(30-2)15(14)11-24/h3,6,9-10,13,21H,4-5,7-8H2,1-2H3,(H,25,27). The Kier molecular flexibility index (Phi) is 7.11. The average molecular weight is 433 g/mol. The van der Waals surface area contributed by atoms with E-state index in [0.29, 0.717) is 28.5 Å². The van der Waals surface area contributed by atoms with Crippen molar-refractivity contribution in [2.45, 2.75) is 36.8 Å². The Balaban J connectivity index is 1.70. The molecule has 1 aliphatic rings. The van der Waals surface area contributed by atoms with Crippen molar-refractivity contribution in [2.24, 2.45) is 0 Å². The van der Waals surface area contributed by atoms with E-state index in [1.165, 1.54) is 31.0 Å². The molecule has 0 atom stereocenters. The number of carbonyl (C=O) groups is 1. The lowest BCUT2D eigenvalue weighted by molar-refractivity contribution is -0.0512. The summed E-state index contributed by atoms with van der Waals surface area (Å²) in [5.74, 6) is 0.137. The Morgan fingerprint density at radius 1 is 1.37 bits per heavy atom. The van der Waals surface area contributed by atoms with Gasteiger partial charge in [-0.15, -0.1) is 11.8 Å². The monoisotopic (exact) mass is 433 g/mol. The van der Waals surface area contributed by atoms with E-state index in [1.807, 2.05) is 6.26 Å². The van der Waals surface area contributed by atoms with Gasteiger partial charge in [0.2, 0.25) is 0 Å². The maximum absolute atomic E-state index is 12.7. The highest BCUT2D eigenvalue weighted by Crippen LogP contribution is 2.40.